The molecule has 0 spiro atoms. The summed E-state index contributed by atoms with van der Waals surface area (Å²) in [6.45, 7) is 4.82. The number of hydrogen-bond donors (Lipinski definition) is 0. The van der Waals surface area contributed by atoms with Crippen molar-refractivity contribution in [1.82, 2.24) is 4.31 Å². The minimum atomic E-state index is -3.64. The molecule has 0 N–H and O–H groups in total. The lowest BCUT2D eigenvalue weighted by Gasteiger charge is -2.15. The third-order valence-corrected chi connectivity index (χ3v) is 7.00. The minimum Gasteiger partial charge on any atom is -0.422 e. The highest BCUT2D eigenvalue weighted by molar-refractivity contribution is 7.89. The molecule has 1 aliphatic heterocycles. The second-order valence-corrected chi connectivity index (χ2v) is 8.71. The molecule has 1 fully saturated rings. The molecule has 0 atom stereocenters. The number of carbonyl (C=O) groups is 1. The molecule has 1 aromatic heterocycles. The number of sulfonamides is 1. The Morgan fingerprint density at radius 2 is 1.88 bits per heavy atom. The van der Waals surface area contributed by atoms with E-state index in [-0.39, 0.29) is 9.77 Å². The first-order valence-electron chi connectivity index (χ1n) is 7.76. The molecule has 1 aliphatic rings. The Kier molecular flexibility index (Phi) is 4.76. The van der Waals surface area contributed by atoms with Crippen LogP contribution in [0.15, 0.2) is 34.5 Å². The van der Waals surface area contributed by atoms with E-state index in [0.717, 1.165) is 35.3 Å². The van der Waals surface area contributed by atoms with Gasteiger partial charge in [-0.15, -0.1) is 11.3 Å². The van der Waals surface area contributed by atoms with Gasteiger partial charge in [0.1, 0.15) is 15.5 Å². The summed E-state index contributed by atoms with van der Waals surface area (Å²) in [5, 5.41) is 1.61. The van der Waals surface area contributed by atoms with Crippen molar-refractivity contribution in [2.45, 2.75) is 31.6 Å². The number of carbonyl (C=O) groups excluding carboxylic acids is 1. The van der Waals surface area contributed by atoms with Crippen LogP contribution >= 0.6 is 11.3 Å². The predicted octanol–water partition coefficient (Wildman–Crippen LogP) is 3.37. The van der Waals surface area contributed by atoms with Gasteiger partial charge in [-0.2, -0.15) is 4.31 Å². The number of esters is 1. The Bertz CT molecular complexity index is 864. The monoisotopic (exact) mass is 365 g/mol. The molecular weight excluding hydrogens is 346 g/mol. The first kappa shape index (κ1) is 17.1. The summed E-state index contributed by atoms with van der Waals surface area (Å²) in [7, 11) is -3.64. The van der Waals surface area contributed by atoms with Crippen molar-refractivity contribution in [3.63, 3.8) is 0 Å². The third kappa shape index (κ3) is 3.24. The number of thiophene rings is 1. The van der Waals surface area contributed by atoms with Gasteiger partial charge in [-0.25, -0.2) is 13.2 Å². The highest BCUT2D eigenvalue weighted by atomic mass is 32.2. The molecule has 7 heteroatoms. The molecule has 0 radical (unpaired) electrons. The van der Waals surface area contributed by atoms with Crippen molar-refractivity contribution in [3.05, 3.63) is 45.6 Å². The fourth-order valence-corrected chi connectivity index (χ4v) is 5.56. The standard InChI is InChI=1S/C17H19NO4S2/c1-12-5-6-14(13(2)11-12)22-17(19)16-15(7-10-23-16)24(20,21)18-8-3-4-9-18/h5-7,10-11H,3-4,8-9H2,1-2H3. The van der Waals surface area contributed by atoms with Gasteiger partial charge in [-0.05, 0) is 49.8 Å². The topological polar surface area (TPSA) is 63.7 Å². The molecular formula is C17H19NO4S2. The first-order valence-corrected chi connectivity index (χ1v) is 10.1. The summed E-state index contributed by atoms with van der Waals surface area (Å²) in [6.07, 6.45) is 1.71. The molecule has 0 bridgehead atoms. The number of nitrogens with zero attached hydrogens (tertiary/aromatic N) is 1. The predicted molar refractivity (Wildman–Crippen MR) is 93.2 cm³/mol. The van der Waals surface area contributed by atoms with E-state index < -0.39 is 16.0 Å². The van der Waals surface area contributed by atoms with E-state index in [0.29, 0.717) is 18.8 Å². The molecule has 0 saturated carbocycles. The molecule has 24 heavy (non-hydrogen) atoms. The molecule has 2 aromatic rings. The van der Waals surface area contributed by atoms with Crippen molar-refractivity contribution in [1.29, 1.82) is 0 Å². The van der Waals surface area contributed by atoms with E-state index in [1.807, 2.05) is 26.0 Å². The fraction of sp³-hybridized carbons (Fsp3) is 0.353. The van der Waals surface area contributed by atoms with Crippen molar-refractivity contribution >= 4 is 27.3 Å². The van der Waals surface area contributed by atoms with Crippen molar-refractivity contribution in [3.8, 4) is 5.75 Å². The number of aryl methyl sites for hydroxylation is 2. The zero-order chi connectivity index (χ0) is 17.3. The Morgan fingerprint density at radius 3 is 2.54 bits per heavy atom. The molecule has 0 unspecified atom stereocenters. The number of benzene rings is 1. The van der Waals surface area contributed by atoms with Gasteiger partial charge in [0.05, 0.1) is 0 Å². The minimum absolute atomic E-state index is 0.0455. The van der Waals surface area contributed by atoms with Gasteiger partial charge in [0.25, 0.3) is 0 Å². The second-order valence-electron chi connectivity index (χ2n) is 5.88. The van der Waals surface area contributed by atoms with Crippen LogP contribution in [0, 0.1) is 13.8 Å². The van der Waals surface area contributed by atoms with E-state index in [1.165, 1.54) is 10.4 Å². The van der Waals surface area contributed by atoms with E-state index in [4.69, 9.17) is 4.74 Å². The summed E-state index contributed by atoms with van der Waals surface area (Å²) in [5.74, 6) is -0.182. The lowest BCUT2D eigenvalue weighted by molar-refractivity contribution is 0.0734. The van der Waals surface area contributed by atoms with E-state index in [1.54, 1.807) is 11.4 Å². The maximum absolute atomic E-state index is 12.7. The van der Waals surface area contributed by atoms with Gasteiger partial charge in [0.15, 0.2) is 0 Å². The lowest BCUT2D eigenvalue weighted by atomic mass is 10.1. The van der Waals surface area contributed by atoms with Crippen LogP contribution in [0.3, 0.4) is 0 Å². The first-order chi connectivity index (χ1) is 11.4. The smallest absolute Gasteiger partial charge is 0.355 e. The summed E-state index contributed by atoms with van der Waals surface area (Å²) in [4.78, 5) is 12.7. The molecule has 1 aromatic carbocycles. The second kappa shape index (κ2) is 6.66. The average molecular weight is 365 g/mol. The van der Waals surface area contributed by atoms with Crippen LogP contribution in [0.25, 0.3) is 0 Å². The fourth-order valence-electron chi connectivity index (χ4n) is 2.78. The normalized spacial score (nSPS) is 15.6. The maximum Gasteiger partial charge on any atom is 0.355 e. The molecule has 5 nitrogen and oxygen atoms in total. The van der Waals surface area contributed by atoms with Gasteiger partial charge in [0, 0.05) is 13.1 Å². The summed E-state index contributed by atoms with van der Waals surface area (Å²) in [6, 6.07) is 6.98. The van der Waals surface area contributed by atoms with Crippen LogP contribution in [0.4, 0.5) is 0 Å². The largest absolute Gasteiger partial charge is 0.422 e. The zero-order valence-corrected chi connectivity index (χ0v) is 15.2. The molecule has 2 heterocycles. The molecule has 128 valence electrons. The highest BCUT2D eigenvalue weighted by Crippen LogP contribution is 2.29. The van der Waals surface area contributed by atoms with Crippen molar-refractivity contribution in [2.24, 2.45) is 0 Å². The van der Waals surface area contributed by atoms with Crippen LogP contribution in [-0.2, 0) is 10.0 Å². The van der Waals surface area contributed by atoms with Gasteiger partial charge in [-0.1, -0.05) is 17.7 Å². The molecule has 1 saturated heterocycles. The number of ether oxygens (including phenoxy) is 1. The Balaban J connectivity index is 1.88. The summed E-state index contributed by atoms with van der Waals surface area (Å²) < 4.78 is 32.3. The van der Waals surface area contributed by atoms with Crippen molar-refractivity contribution in [2.75, 3.05) is 13.1 Å². The van der Waals surface area contributed by atoms with Crippen LogP contribution in [0.1, 0.15) is 33.6 Å². The zero-order valence-electron chi connectivity index (χ0n) is 13.6. The van der Waals surface area contributed by atoms with Gasteiger partial charge in [0.2, 0.25) is 10.0 Å². The van der Waals surface area contributed by atoms with Crippen LogP contribution < -0.4 is 4.74 Å². The van der Waals surface area contributed by atoms with E-state index in [9.17, 15) is 13.2 Å². The number of hydrogen-bond acceptors (Lipinski definition) is 5. The molecule has 0 aliphatic carbocycles. The van der Waals surface area contributed by atoms with Gasteiger partial charge >= 0.3 is 5.97 Å². The van der Waals surface area contributed by atoms with Crippen LogP contribution in [-0.4, -0.2) is 31.8 Å². The quantitative estimate of drug-likeness (QED) is 0.616. The van der Waals surface area contributed by atoms with Crippen molar-refractivity contribution < 1.29 is 17.9 Å². The highest BCUT2D eigenvalue weighted by Gasteiger charge is 2.32. The van der Waals surface area contributed by atoms with Crippen LogP contribution in [0.5, 0.6) is 5.75 Å². The Morgan fingerprint density at radius 1 is 1.17 bits per heavy atom. The SMILES string of the molecule is Cc1ccc(OC(=O)c2sccc2S(=O)(=O)N2CCCC2)c(C)c1. The number of rotatable bonds is 4. The average Bonchev–Trinajstić information content (AvgIpc) is 3.21. The Labute approximate surface area is 145 Å². The van der Waals surface area contributed by atoms with Gasteiger partial charge in [-0.3, -0.25) is 0 Å². The van der Waals surface area contributed by atoms with Gasteiger partial charge < -0.3 is 4.74 Å². The summed E-state index contributed by atoms with van der Waals surface area (Å²) in [5.41, 5.74) is 1.91. The molecule has 3 rings (SSSR count). The van der Waals surface area contributed by atoms with Crippen LogP contribution in [0.2, 0.25) is 0 Å². The Hall–Kier alpha value is -1.70. The maximum atomic E-state index is 12.7. The third-order valence-electron chi connectivity index (χ3n) is 4.03. The lowest BCUT2D eigenvalue weighted by Crippen LogP contribution is -2.29. The summed E-state index contributed by atoms with van der Waals surface area (Å²) >= 11 is 1.09. The molecule has 0 amide bonds. The van der Waals surface area contributed by atoms with E-state index in [2.05, 4.69) is 0 Å². The van der Waals surface area contributed by atoms with E-state index >= 15 is 0 Å².